The van der Waals surface area contributed by atoms with Crippen LogP contribution in [0.3, 0.4) is 0 Å². The molecule has 0 radical (unpaired) electrons. The van der Waals surface area contributed by atoms with Crippen molar-refractivity contribution >= 4 is 0 Å². The summed E-state index contributed by atoms with van der Waals surface area (Å²) >= 11 is 0. The van der Waals surface area contributed by atoms with Gasteiger partial charge in [-0.3, -0.25) is 15.3 Å². The number of aromatic nitrogens is 2. The Labute approximate surface area is 167 Å². The van der Waals surface area contributed by atoms with Crippen LogP contribution in [-0.2, 0) is 22.3 Å². The van der Waals surface area contributed by atoms with E-state index in [1.54, 1.807) is 0 Å². The van der Waals surface area contributed by atoms with Gasteiger partial charge in [0.25, 0.3) is 0 Å². The zero-order valence-electron chi connectivity index (χ0n) is 17.0. The summed E-state index contributed by atoms with van der Waals surface area (Å²) in [6.07, 6.45) is 3.94. The summed E-state index contributed by atoms with van der Waals surface area (Å²) in [5.74, 6) is 0.327. The van der Waals surface area contributed by atoms with Gasteiger partial charge in [-0.1, -0.05) is 25.1 Å². The van der Waals surface area contributed by atoms with Gasteiger partial charge in [0.05, 0.1) is 31.3 Å². The Kier molecular flexibility index (Phi) is 7.54. The topological polar surface area (TPSA) is 59.5 Å². The number of nitrogens with one attached hydrogen (secondary N) is 1. The van der Waals surface area contributed by atoms with Gasteiger partial charge in [-0.05, 0) is 37.7 Å². The number of pyridine rings is 2. The van der Waals surface area contributed by atoms with Crippen molar-refractivity contribution in [3.8, 4) is 11.4 Å². The summed E-state index contributed by atoms with van der Waals surface area (Å²) < 4.78 is 11.2. The molecular weight excluding hydrogens is 352 g/mol. The molecule has 2 aromatic heterocycles. The highest BCUT2D eigenvalue weighted by Gasteiger charge is 2.17. The molecule has 0 saturated carbocycles. The van der Waals surface area contributed by atoms with Crippen molar-refractivity contribution in [3.63, 3.8) is 0 Å². The summed E-state index contributed by atoms with van der Waals surface area (Å²) in [4.78, 5) is 11.8. The third kappa shape index (κ3) is 5.61. The molecule has 6 heteroatoms. The van der Waals surface area contributed by atoms with Gasteiger partial charge in [0.15, 0.2) is 0 Å². The van der Waals surface area contributed by atoms with E-state index in [-0.39, 0.29) is 0 Å². The number of nitrogens with zero attached hydrogens (tertiary/aromatic N) is 3. The molecule has 1 N–H and O–H groups in total. The normalized spacial score (nSPS) is 18.1. The number of hydrogen-bond donors (Lipinski definition) is 1. The van der Waals surface area contributed by atoms with Gasteiger partial charge in [-0.25, -0.2) is 0 Å². The van der Waals surface area contributed by atoms with Crippen LogP contribution in [0.4, 0.5) is 0 Å². The number of allylic oxidation sites excluding steroid dienone is 2. The fourth-order valence-electron chi connectivity index (χ4n) is 3.40. The molecule has 1 aliphatic heterocycles. The molecule has 6 nitrogen and oxygen atoms in total. The fraction of sp³-hybridized carbons (Fsp3) is 0.455. The highest BCUT2D eigenvalue weighted by Crippen LogP contribution is 2.23. The number of fused-ring (bicyclic) bond motifs is 5. The van der Waals surface area contributed by atoms with Crippen LogP contribution in [0.25, 0.3) is 11.4 Å². The van der Waals surface area contributed by atoms with E-state index in [0.29, 0.717) is 32.6 Å². The fourth-order valence-corrected chi connectivity index (χ4v) is 3.40. The van der Waals surface area contributed by atoms with Gasteiger partial charge in [0, 0.05) is 36.5 Å². The van der Waals surface area contributed by atoms with E-state index < -0.39 is 0 Å². The minimum Gasteiger partial charge on any atom is -0.364 e. The molecule has 0 aromatic carbocycles. The van der Waals surface area contributed by atoms with Crippen molar-refractivity contribution < 1.29 is 9.47 Å². The van der Waals surface area contributed by atoms with Crippen molar-refractivity contribution in [3.05, 3.63) is 59.6 Å². The summed E-state index contributed by atoms with van der Waals surface area (Å²) in [7, 11) is 3.93. The lowest BCUT2D eigenvalue weighted by Crippen LogP contribution is -2.27. The van der Waals surface area contributed by atoms with Crippen molar-refractivity contribution in [2.75, 3.05) is 40.8 Å². The maximum absolute atomic E-state index is 5.78. The smallest absolute Gasteiger partial charge is 0.118 e. The molecule has 1 aliphatic rings. The maximum atomic E-state index is 5.78. The molecule has 0 fully saturated rings. The Hall–Kier alpha value is -2.28. The van der Waals surface area contributed by atoms with Crippen LogP contribution in [0.1, 0.15) is 18.3 Å². The third-order valence-corrected chi connectivity index (χ3v) is 4.76. The van der Waals surface area contributed by atoms with Crippen molar-refractivity contribution in [2.45, 2.75) is 19.8 Å². The van der Waals surface area contributed by atoms with Crippen LogP contribution >= 0.6 is 0 Å². The third-order valence-electron chi connectivity index (χ3n) is 4.76. The largest absolute Gasteiger partial charge is 0.364 e. The Balaban J connectivity index is 1.73. The molecule has 3 heterocycles. The Morgan fingerprint density at radius 1 is 1.04 bits per heavy atom. The Morgan fingerprint density at radius 3 is 2.46 bits per heavy atom. The van der Waals surface area contributed by atoms with E-state index in [2.05, 4.69) is 54.5 Å². The second-order valence-electron chi connectivity index (χ2n) is 7.11. The molecule has 3 rings (SSSR count). The SMILES string of the molecule is CNCOCCOCN(C)/C1=C/Cc2cccc(n2)-c2cccc(n2)CC1C. The minimum atomic E-state index is 0.327. The van der Waals surface area contributed by atoms with E-state index >= 15 is 0 Å². The summed E-state index contributed by atoms with van der Waals surface area (Å²) in [6, 6.07) is 12.3. The van der Waals surface area contributed by atoms with E-state index in [0.717, 1.165) is 35.6 Å². The van der Waals surface area contributed by atoms with Gasteiger partial charge >= 0.3 is 0 Å². The predicted octanol–water partition coefficient (Wildman–Crippen LogP) is 2.86. The highest BCUT2D eigenvalue weighted by atomic mass is 16.5. The van der Waals surface area contributed by atoms with Gasteiger partial charge < -0.3 is 14.4 Å². The maximum Gasteiger partial charge on any atom is 0.118 e. The average Bonchev–Trinajstić information content (AvgIpc) is 2.71. The van der Waals surface area contributed by atoms with E-state index in [9.17, 15) is 0 Å². The predicted molar refractivity (Wildman–Crippen MR) is 111 cm³/mol. The Morgan fingerprint density at radius 2 is 1.71 bits per heavy atom. The van der Waals surface area contributed by atoms with Gasteiger partial charge in [-0.15, -0.1) is 0 Å². The monoisotopic (exact) mass is 382 g/mol. The average molecular weight is 383 g/mol. The van der Waals surface area contributed by atoms with Crippen LogP contribution in [0, 0.1) is 5.92 Å². The molecule has 4 bridgehead atoms. The van der Waals surface area contributed by atoms with Crippen molar-refractivity contribution in [1.82, 2.24) is 20.2 Å². The molecule has 0 spiro atoms. The van der Waals surface area contributed by atoms with Crippen LogP contribution < -0.4 is 5.32 Å². The molecule has 28 heavy (non-hydrogen) atoms. The zero-order valence-corrected chi connectivity index (χ0v) is 17.0. The van der Waals surface area contributed by atoms with E-state index in [1.807, 2.05) is 19.2 Å². The molecule has 1 unspecified atom stereocenters. The van der Waals surface area contributed by atoms with E-state index in [1.165, 1.54) is 5.70 Å². The Bertz CT molecular complexity index is 794. The van der Waals surface area contributed by atoms with Gasteiger partial charge in [0.1, 0.15) is 6.73 Å². The van der Waals surface area contributed by atoms with Crippen LogP contribution in [0.2, 0.25) is 0 Å². The standard InChI is InChI=1S/C22H30N4O2/c1-17-14-19-7-5-9-21(25-19)20-8-4-6-18(24-20)10-11-22(17)26(3)16-28-13-12-27-15-23-2/h4-9,11,17,23H,10,12-16H2,1-3H3/b22-11+. The van der Waals surface area contributed by atoms with Gasteiger partial charge in [0.2, 0.25) is 0 Å². The second-order valence-corrected chi connectivity index (χ2v) is 7.11. The zero-order chi connectivity index (χ0) is 19.8. The molecule has 0 saturated heterocycles. The molecule has 0 amide bonds. The number of hydrogen-bond acceptors (Lipinski definition) is 6. The first-order valence-corrected chi connectivity index (χ1v) is 9.81. The van der Waals surface area contributed by atoms with Gasteiger partial charge in [-0.2, -0.15) is 0 Å². The first-order chi connectivity index (χ1) is 13.7. The minimum absolute atomic E-state index is 0.327. The lowest BCUT2D eigenvalue weighted by atomic mass is 9.99. The number of ether oxygens (including phenoxy) is 2. The van der Waals surface area contributed by atoms with Crippen molar-refractivity contribution in [2.24, 2.45) is 5.92 Å². The molecule has 150 valence electrons. The van der Waals surface area contributed by atoms with Crippen LogP contribution in [0.5, 0.6) is 0 Å². The molecule has 2 aromatic rings. The lowest BCUT2D eigenvalue weighted by molar-refractivity contribution is 0.00680. The number of rotatable bonds is 8. The second kappa shape index (κ2) is 10.3. The summed E-state index contributed by atoms with van der Waals surface area (Å²) in [5, 5.41) is 2.95. The first-order valence-electron chi connectivity index (χ1n) is 9.81. The summed E-state index contributed by atoms with van der Waals surface area (Å²) in [5.41, 5.74) is 5.25. The van der Waals surface area contributed by atoms with Crippen molar-refractivity contribution in [1.29, 1.82) is 0 Å². The molecular formula is C22H30N4O2. The summed E-state index contributed by atoms with van der Waals surface area (Å²) in [6.45, 7) is 4.46. The quantitative estimate of drug-likeness (QED) is 0.560. The van der Waals surface area contributed by atoms with Crippen LogP contribution in [-0.4, -0.2) is 55.6 Å². The molecule has 0 aliphatic carbocycles. The van der Waals surface area contributed by atoms with E-state index in [4.69, 9.17) is 19.4 Å². The van der Waals surface area contributed by atoms with Crippen LogP contribution in [0.15, 0.2) is 48.2 Å². The first kappa shape index (κ1) is 20.5. The highest BCUT2D eigenvalue weighted by molar-refractivity contribution is 5.54. The molecule has 1 atom stereocenters. The lowest BCUT2D eigenvalue weighted by Gasteiger charge is -2.27.